The molecule has 0 amide bonds. The molecule has 0 aromatic heterocycles. The number of rotatable bonds is 4. The Morgan fingerprint density at radius 1 is 1.50 bits per heavy atom. The van der Waals surface area contributed by atoms with E-state index in [9.17, 15) is 13.6 Å². The van der Waals surface area contributed by atoms with Crippen LogP contribution in [0.4, 0.5) is 8.78 Å². The Kier molecular flexibility index (Phi) is 4.86. The lowest BCUT2D eigenvalue weighted by atomic mass is 10.0. The van der Waals surface area contributed by atoms with E-state index in [2.05, 4.69) is 20.7 Å². The fraction of sp³-hybridized carbons (Fsp3) is 0.364. The van der Waals surface area contributed by atoms with Crippen LogP contribution >= 0.6 is 15.9 Å². The minimum absolute atomic E-state index is 0.0433. The van der Waals surface area contributed by atoms with E-state index < -0.39 is 12.4 Å². The Morgan fingerprint density at radius 2 is 2.19 bits per heavy atom. The highest BCUT2D eigenvalue weighted by Gasteiger charge is 2.14. The Hall–Kier alpha value is -0.970. The number of methoxy groups -OCH3 is 1. The van der Waals surface area contributed by atoms with Crippen molar-refractivity contribution in [1.82, 2.24) is 0 Å². The van der Waals surface area contributed by atoms with Crippen LogP contribution in [0.1, 0.15) is 24.0 Å². The number of ether oxygens (including phenoxy) is 1. The van der Waals surface area contributed by atoms with Crippen LogP contribution in [0.25, 0.3) is 0 Å². The van der Waals surface area contributed by atoms with Crippen LogP contribution in [0, 0.1) is 0 Å². The van der Waals surface area contributed by atoms with Gasteiger partial charge in [0, 0.05) is 16.5 Å². The minimum Gasteiger partial charge on any atom is -0.469 e. The van der Waals surface area contributed by atoms with E-state index in [1.807, 2.05) is 0 Å². The minimum atomic E-state index is -2.54. The molecule has 0 bridgehead atoms. The maximum absolute atomic E-state index is 12.7. The van der Waals surface area contributed by atoms with Crippen molar-refractivity contribution in [3.63, 3.8) is 0 Å². The number of hydrogen-bond acceptors (Lipinski definition) is 2. The second-order valence-corrected chi connectivity index (χ2v) is 4.14. The molecule has 0 N–H and O–H groups in total. The molecule has 0 radical (unpaired) electrons. The van der Waals surface area contributed by atoms with E-state index >= 15 is 0 Å². The quantitative estimate of drug-likeness (QED) is 0.794. The molecular formula is C11H11BrF2O2. The number of carbonyl (C=O) groups excluding carboxylic acids is 1. The summed E-state index contributed by atoms with van der Waals surface area (Å²) >= 11 is 3.13. The van der Waals surface area contributed by atoms with E-state index in [0.29, 0.717) is 10.0 Å². The van der Waals surface area contributed by atoms with Crippen LogP contribution < -0.4 is 0 Å². The summed E-state index contributed by atoms with van der Waals surface area (Å²) in [5.41, 5.74) is 0.432. The van der Waals surface area contributed by atoms with Crippen LogP contribution in [-0.4, -0.2) is 13.1 Å². The van der Waals surface area contributed by atoms with Gasteiger partial charge in [0.15, 0.2) is 0 Å². The first kappa shape index (κ1) is 13.1. The fourth-order valence-electron chi connectivity index (χ4n) is 1.34. The smallest absolute Gasteiger partial charge is 0.305 e. The molecule has 0 spiro atoms. The second kappa shape index (κ2) is 5.94. The van der Waals surface area contributed by atoms with Crippen molar-refractivity contribution in [3.05, 3.63) is 33.8 Å². The van der Waals surface area contributed by atoms with Gasteiger partial charge in [0.05, 0.1) is 7.11 Å². The number of hydrogen-bond donors (Lipinski definition) is 0. The number of carbonyl (C=O) groups is 1. The second-order valence-electron chi connectivity index (χ2n) is 3.22. The topological polar surface area (TPSA) is 26.3 Å². The summed E-state index contributed by atoms with van der Waals surface area (Å²) in [4.78, 5) is 10.9. The van der Waals surface area contributed by atoms with Crippen molar-refractivity contribution in [3.8, 4) is 0 Å². The molecule has 0 saturated heterocycles. The summed E-state index contributed by atoms with van der Waals surface area (Å²) < 4.78 is 30.4. The van der Waals surface area contributed by atoms with Crippen molar-refractivity contribution >= 4 is 21.9 Å². The van der Waals surface area contributed by atoms with Crippen LogP contribution in [0.3, 0.4) is 0 Å². The fourth-order valence-corrected chi connectivity index (χ4v) is 1.71. The molecule has 1 rings (SSSR count). The van der Waals surface area contributed by atoms with Gasteiger partial charge in [-0.25, -0.2) is 8.78 Å². The third-order valence-corrected chi connectivity index (χ3v) is 2.66. The maximum Gasteiger partial charge on any atom is 0.305 e. The predicted molar refractivity (Wildman–Crippen MR) is 59.4 cm³/mol. The molecule has 88 valence electrons. The third-order valence-electron chi connectivity index (χ3n) is 2.17. The molecule has 16 heavy (non-hydrogen) atoms. The standard InChI is InChI=1S/C11H11BrF2O2/c1-16-10(15)5-3-7-2-4-8(12)6-9(7)11(13)14/h2,4,6,11H,3,5H2,1H3. The maximum atomic E-state index is 12.7. The number of esters is 1. The summed E-state index contributed by atoms with van der Waals surface area (Å²) in [6.07, 6.45) is -2.16. The van der Waals surface area contributed by atoms with Gasteiger partial charge in [0.1, 0.15) is 0 Å². The summed E-state index contributed by atoms with van der Waals surface area (Å²) in [5, 5.41) is 0. The highest BCUT2D eigenvalue weighted by atomic mass is 79.9. The third kappa shape index (κ3) is 3.56. The monoisotopic (exact) mass is 292 g/mol. The number of halogens is 3. The van der Waals surface area contributed by atoms with E-state index in [4.69, 9.17) is 0 Å². The van der Waals surface area contributed by atoms with Crippen molar-refractivity contribution in [2.75, 3.05) is 7.11 Å². The Labute approximate surface area is 101 Å². The largest absolute Gasteiger partial charge is 0.469 e. The first-order valence-corrected chi connectivity index (χ1v) is 5.47. The average Bonchev–Trinajstić information content (AvgIpc) is 2.26. The molecule has 1 aromatic carbocycles. The van der Waals surface area contributed by atoms with Gasteiger partial charge >= 0.3 is 5.97 Å². The molecule has 0 aliphatic carbocycles. The molecule has 5 heteroatoms. The Morgan fingerprint density at radius 3 is 2.75 bits per heavy atom. The SMILES string of the molecule is COC(=O)CCc1ccc(Br)cc1C(F)F. The van der Waals surface area contributed by atoms with Crippen molar-refractivity contribution in [2.45, 2.75) is 19.3 Å². The average molecular weight is 293 g/mol. The van der Waals surface area contributed by atoms with Gasteiger partial charge in [0.2, 0.25) is 0 Å². The Balaban J connectivity index is 2.82. The zero-order valence-electron chi connectivity index (χ0n) is 8.67. The van der Waals surface area contributed by atoms with Gasteiger partial charge in [-0.3, -0.25) is 4.79 Å². The van der Waals surface area contributed by atoms with Crippen molar-refractivity contribution in [1.29, 1.82) is 0 Å². The molecule has 0 aliphatic rings. The molecule has 1 aromatic rings. The van der Waals surface area contributed by atoms with Gasteiger partial charge in [-0.1, -0.05) is 22.0 Å². The zero-order valence-corrected chi connectivity index (χ0v) is 10.3. The normalized spacial score (nSPS) is 10.6. The number of benzene rings is 1. The van der Waals surface area contributed by atoms with Crippen LogP contribution in [0.5, 0.6) is 0 Å². The Bertz CT molecular complexity index is 380. The van der Waals surface area contributed by atoms with E-state index in [1.54, 1.807) is 12.1 Å². The molecule has 2 nitrogen and oxygen atoms in total. The van der Waals surface area contributed by atoms with E-state index in [1.165, 1.54) is 13.2 Å². The van der Waals surface area contributed by atoms with Crippen molar-refractivity contribution < 1.29 is 18.3 Å². The van der Waals surface area contributed by atoms with Gasteiger partial charge in [-0.15, -0.1) is 0 Å². The molecule has 0 fully saturated rings. The summed E-state index contributed by atoms with van der Waals surface area (Å²) in [7, 11) is 1.28. The summed E-state index contributed by atoms with van der Waals surface area (Å²) in [6.45, 7) is 0. The van der Waals surface area contributed by atoms with Crippen LogP contribution in [0.2, 0.25) is 0 Å². The first-order valence-electron chi connectivity index (χ1n) is 4.68. The lowest BCUT2D eigenvalue weighted by molar-refractivity contribution is -0.140. The summed E-state index contributed by atoms with van der Waals surface area (Å²) in [6, 6.07) is 4.64. The van der Waals surface area contributed by atoms with Crippen LogP contribution in [-0.2, 0) is 16.0 Å². The van der Waals surface area contributed by atoms with Gasteiger partial charge in [-0.05, 0) is 24.1 Å². The lowest BCUT2D eigenvalue weighted by Crippen LogP contribution is -2.04. The number of aryl methyl sites for hydroxylation is 1. The molecule has 0 unspecified atom stereocenters. The molecule has 0 saturated carbocycles. The number of alkyl halides is 2. The molecular weight excluding hydrogens is 282 g/mol. The summed E-state index contributed by atoms with van der Waals surface area (Å²) in [5.74, 6) is -0.400. The van der Waals surface area contributed by atoms with Gasteiger partial charge in [-0.2, -0.15) is 0 Å². The lowest BCUT2D eigenvalue weighted by Gasteiger charge is -2.08. The highest BCUT2D eigenvalue weighted by molar-refractivity contribution is 9.10. The van der Waals surface area contributed by atoms with E-state index in [0.717, 1.165) is 0 Å². The van der Waals surface area contributed by atoms with Crippen LogP contribution in [0.15, 0.2) is 22.7 Å². The predicted octanol–water partition coefficient (Wildman–Crippen LogP) is 3.49. The van der Waals surface area contributed by atoms with Gasteiger partial charge < -0.3 is 4.74 Å². The van der Waals surface area contributed by atoms with Gasteiger partial charge in [0.25, 0.3) is 6.43 Å². The molecule has 0 atom stereocenters. The molecule has 0 aliphatic heterocycles. The highest BCUT2D eigenvalue weighted by Crippen LogP contribution is 2.27. The van der Waals surface area contributed by atoms with E-state index in [-0.39, 0.29) is 18.4 Å². The zero-order chi connectivity index (χ0) is 12.1. The first-order chi connectivity index (χ1) is 7.54. The van der Waals surface area contributed by atoms with Crippen molar-refractivity contribution in [2.24, 2.45) is 0 Å². The molecule has 0 heterocycles.